The van der Waals surface area contributed by atoms with Crippen molar-refractivity contribution in [2.24, 2.45) is 0 Å². The van der Waals surface area contributed by atoms with Gasteiger partial charge in [-0.15, -0.1) is 0 Å². The van der Waals surface area contributed by atoms with Gasteiger partial charge in [-0.2, -0.15) is 0 Å². The number of hydrogen-bond donors (Lipinski definition) is 3. The van der Waals surface area contributed by atoms with E-state index in [0.717, 1.165) is 44.9 Å². The van der Waals surface area contributed by atoms with Crippen LogP contribution in [0, 0.1) is 0 Å². The largest absolute Gasteiger partial charge is 0.356 e. The number of aromatic nitrogens is 1. The number of hydrogen-bond acceptors (Lipinski definition) is 4. The maximum absolute atomic E-state index is 11.9. The van der Waals surface area contributed by atoms with E-state index in [4.69, 9.17) is 0 Å². The van der Waals surface area contributed by atoms with E-state index in [2.05, 4.69) is 88.6 Å². The zero-order valence-corrected chi connectivity index (χ0v) is 22.7. The molecule has 7 heteroatoms. The number of pyridine rings is 1. The van der Waals surface area contributed by atoms with Crippen molar-refractivity contribution in [2.45, 2.75) is 64.7 Å². The van der Waals surface area contributed by atoms with E-state index < -0.39 is 0 Å². The highest BCUT2D eigenvalue weighted by Crippen LogP contribution is 2.00. The number of allylic oxidation sites excluding steroid dienone is 10. The summed E-state index contributed by atoms with van der Waals surface area (Å²) in [5.41, 5.74) is 0.475. The van der Waals surface area contributed by atoms with Gasteiger partial charge in [0.05, 0.1) is 5.56 Å². The van der Waals surface area contributed by atoms with E-state index in [1.807, 2.05) is 0 Å². The smallest absolute Gasteiger partial charge is 0.252 e. The van der Waals surface area contributed by atoms with Gasteiger partial charge in [-0.1, -0.05) is 67.7 Å². The maximum atomic E-state index is 11.9. The molecule has 3 amide bonds. The number of carbonyl (C=O) groups excluding carboxylic acids is 3. The third-order valence-corrected chi connectivity index (χ3v) is 5.26. The summed E-state index contributed by atoms with van der Waals surface area (Å²) < 4.78 is 0. The molecule has 0 saturated heterocycles. The minimum atomic E-state index is -0.232. The lowest BCUT2D eigenvalue weighted by Gasteiger charge is -2.08. The Balaban J connectivity index is 1.94. The molecular weight excluding hydrogens is 476 g/mol. The number of carbonyl (C=O) groups is 3. The van der Waals surface area contributed by atoms with Crippen molar-refractivity contribution in [2.75, 3.05) is 19.6 Å². The average molecular weight is 521 g/mol. The van der Waals surface area contributed by atoms with Crippen LogP contribution in [0.2, 0.25) is 0 Å². The van der Waals surface area contributed by atoms with Gasteiger partial charge in [0, 0.05) is 44.9 Å². The van der Waals surface area contributed by atoms with Gasteiger partial charge in [0.2, 0.25) is 11.8 Å². The summed E-state index contributed by atoms with van der Waals surface area (Å²) in [6.45, 7) is 3.09. The van der Waals surface area contributed by atoms with E-state index in [0.29, 0.717) is 31.6 Å². The third-order valence-electron chi connectivity index (χ3n) is 5.26. The molecule has 1 aromatic rings. The van der Waals surface area contributed by atoms with E-state index in [-0.39, 0.29) is 24.1 Å². The molecule has 0 spiro atoms. The first-order chi connectivity index (χ1) is 18.6. The first kappa shape index (κ1) is 32.3. The van der Waals surface area contributed by atoms with Gasteiger partial charge in [-0.25, -0.2) is 0 Å². The maximum Gasteiger partial charge on any atom is 0.252 e. The van der Waals surface area contributed by atoms with E-state index in [1.165, 1.54) is 6.20 Å². The fourth-order valence-corrected chi connectivity index (χ4v) is 3.22. The molecule has 0 aliphatic rings. The summed E-state index contributed by atoms with van der Waals surface area (Å²) >= 11 is 0. The molecule has 0 aliphatic carbocycles. The normalized spacial score (nSPS) is 11.8. The van der Waals surface area contributed by atoms with E-state index >= 15 is 0 Å². The second-order valence-electron chi connectivity index (χ2n) is 8.55. The van der Waals surface area contributed by atoms with Crippen LogP contribution in [-0.2, 0) is 9.59 Å². The van der Waals surface area contributed by atoms with Crippen LogP contribution in [0.25, 0.3) is 0 Å². The summed E-state index contributed by atoms with van der Waals surface area (Å²) in [6, 6.07) is 3.36. The lowest BCUT2D eigenvalue weighted by molar-refractivity contribution is -0.122. The van der Waals surface area contributed by atoms with Crippen molar-refractivity contribution in [1.82, 2.24) is 20.9 Å². The molecule has 38 heavy (non-hydrogen) atoms. The molecule has 0 aliphatic heterocycles. The van der Waals surface area contributed by atoms with Gasteiger partial charge in [0.25, 0.3) is 5.91 Å². The van der Waals surface area contributed by atoms with Gasteiger partial charge < -0.3 is 16.0 Å². The van der Waals surface area contributed by atoms with Crippen LogP contribution in [0.3, 0.4) is 0 Å². The van der Waals surface area contributed by atoms with Crippen LogP contribution in [0.15, 0.2) is 85.3 Å². The molecule has 1 aromatic heterocycles. The van der Waals surface area contributed by atoms with Crippen molar-refractivity contribution < 1.29 is 14.4 Å². The molecule has 0 unspecified atom stereocenters. The Bertz CT molecular complexity index is 934. The third kappa shape index (κ3) is 19.4. The van der Waals surface area contributed by atoms with Crippen LogP contribution < -0.4 is 16.0 Å². The van der Waals surface area contributed by atoms with Gasteiger partial charge in [0.15, 0.2) is 0 Å². The Morgan fingerprint density at radius 1 is 0.711 bits per heavy atom. The van der Waals surface area contributed by atoms with Crippen molar-refractivity contribution in [3.63, 3.8) is 0 Å². The number of amides is 3. The Morgan fingerprint density at radius 3 is 1.87 bits per heavy atom. The Hall–Kier alpha value is -3.74. The predicted molar refractivity (Wildman–Crippen MR) is 156 cm³/mol. The number of nitrogens with one attached hydrogen (secondary N) is 3. The zero-order chi connectivity index (χ0) is 27.5. The number of unbranched alkanes of at least 4 members (excludes halogenated alkanes) is 1. The molecule has 0 bridgehead atoms. The molecule has 0 saturated carbocycles. The number of nitrogens with zero attached hydrogens (tertiary/aromatic N) is 1. The second kappa shape index (κ2) is 23.6. The highest BCUT2D eigenvalue weighted by Gasteiger charge is 2.06. The van der Waals surface area contributed by atoms with Gasteiger partial charge in [0.1, 0.15) is 0 Å². The fourth-order valence-electron chi connectivity index (χ4n) is 3.22. The van der Waals surface area contributed by atoms with Crippen LogP contribution >= 0.6 is 0 Å². The zero-order valence-electron chi connectivity index (χ0n) is 22.7. The second-order valence-corrected chi connectivity index (χ2v) is 8.55. The van der Waals surface area contributed by atoms with Crippen LogP contribution in [0.4, 0.5) is 0 Å². The van der Waals surface area contributed by atoms with Gasteiger partial charge in [-0.3, -0.25) is 19.4 Å². The van der Waals surface area contributed by atoms with Crippen LogP contribution in [0.5, 0.6) is 0 Å². The Labute approximate surface area is 228 Å². The minimum Gasteiger partial charge on any atom is -0.356 e. The highest BCUT2D eigenvalue weighted by atomic mass is 16.2. The average Bonchev–Trinajstić information content (AvgIpc) is 2.93. The van der Waals surface area contributed by atoms with Crippen LogP contribution in [-0.4, -0.2) is 42.3 Å². The summed E-state index contributed by atoms with van der Waals surface area (Å²) in [7, 11) is 0. The standard InChI is InChI=1S/C31H44N4O3/c1-2-3-4-5-6-7-8-9-10-11-12-13-14-15-16-17-18-21-29(36)33-24-22-30(37)34-25-26-35-31(38)28-20-19-23-32-27-28/h3-4,6-7,9-10,12-13,15-16,19-20,23,27H,2,5,8,11,14,17-18,21-22,24-26H2,1H3,(H,33,36)(H,34,37)(H,35,38)/b4-3-,7-6-,10-9-,13-12-,16-15-. The fraction of sp³-hybridized carbons (Fsp3) is 0.419. The minimum absolute atomic E-state index is 0.0473. The lowest BCUT2D eigenvalue weighted by atomic mass is 10.2. The topological polar surface area (TPSA) is 100 Å². The molecule has 0 radical (unpaired) electrons. The predicted octanol–water partition coefficient (Wildman–Crippen LogP) is 5.36. The first-order valence-electron chi connectivity index (χ1n) is 13.6. The van der Waals surface area contributed by atoms with Crippen molar-refractivity contribution in [1.29, 1.82) is 0 Å². The molecule has 0 fully saturated rings. The highest BCUT2D eigenvalue weighted by molar-refractivity contribution is 5.93. The van der Waals surface area contributed by atoms with Gasteiger partial charge in [-0.05, 0) is 57.1 Å². The molecular formula is C31H44N4O3. The van der Waals surface area contributed by atoms with Crippen LogP contribution in [0.1, 0.15) is 75.1 Å². The molecule has 1 rings (SSSR count). The summed E-state index contributed by atoms with van der Waals surface area (Å²) in [5.74, 6) is -0.446. The van der Waals surface area contributed by atoms with Crippen molar-refractivity contribution in [3.8, 4) is 0 Å². The number of rotatable bonds is 20. The van der Waals surface area contributed by atoms with Crippen molar-refractivity contribution in [3.05, 3.63) is 90.9 Å². The van der Waals surface area contributed by atoms with Gasteiger partial charge >= 0.3 is 0 Å². The lowest BCUT2D eigenvalue weighted by Crippen LogP contribution is -2.36. The molecule has 206 valence electrons. The monoisotopic (exact) mass is 520 g/mol. The molecule has 7 nitrogen and oxygen atoms in total. The quantitative estimate of drug-likeness (QED) is 0.159. The van der Waals surface area contributed by atoms with Crippen molar-refractivity contribution >= 4 is 17.7 Å². The first-order valence-corrected chi connectivity index (χ1v) is 13.6. The summed E-state index contributed by atoms with van der Waals surface area (Å²) in [6.07, 6.45) is 31.9. The Morgan fingerprint density at radius 2 is 1.26 bits per heavy atom. The summed E-state index contributed by atoms with van der Waals surface area (Å²) in [4.78, 5) is 39.5. The molecule has 0 atom stereocenters. The molecule has 3 N–H and O–H groups in total. The molecule has 0 aromatic carbocycles. The van der Waals surface area contributed by atoms with E-state index in [1.54, 1.807) is 18.3 Å². The van der Waals surface area contributed by atoms with E-state index in [9.17, 15) is 14.4 Å². The molecule has 1 heterocycles. The SMILES string of the molecule is CC/C=C\C/C=C\C/C=C\C/C=C\C/C=C\CCCC(=O)NCCC(=O)NCCNC(=O)c1cccnc1. The summed E-state index contributed by atoms with van der Waals surface area (Å²) in [5, 5.41) is 8.21. The Kier molecular flexibility index (Phi) is 20.1.